The molecule has 1 unspecified atom stereocenters. The highest BCUT2D eigenvalue weighted by Gasteiger charge is 2.26. The van der Waals surface area contributed by atoms with Gasteiger partial charge in [-0.2, -0.15) is 0 Å². The second-order valence-corrected chi connectivity index (χ2v) is 6.08. The van der Waals surface area contributed by atoms with Crippen LogP contribution in [0, 0.1) is 6.92 Å². The normalized spacial score (nSPS) is 18.8. The molecule has 3 rings (SSSR count). The third kappa shape index (κ3) is 2.62. The van der Waals surface area contributed by atoms with Crippen molar-refractivity contribution in [1.82, 2.24) is 10.1 Å². The smallest absolute Gasteiger partial charge is 0.240 e. The zero-order chi connectivity index (χ0) is 14.1. The average Bonchev–Trinajstić information content (AvgIpc) is 3.02. The molecule has 1 aliphatic heterocycles. The van der Waals surface area contributed by atoms with Gasteiger partial charge in [0.15, 0.2) is 0 Å². The number of carbonyl (C=O) groups is 1. The van der Waals surface area contributed by atoms with Gasteiger partial charge in [0.25, 0.3) is 0 Å². The summed E-state index contributed by atoms with van der Waals surface area (Å²) >= 11 is 1.80. The molecule has 0 radical (unpaired) electrons. The summed E-state index contributed by atoms with van der Waals surface area (Å²) in [6.07, 6.45) is 1.02. The van der Waals surface area contributed by atoms with Crippen molar-refractivity contribution >= 4 is 23.1 Å². The van der Waals surface area contributed by atoms with Gasteiger partial charge < -0.3 is 4.52 Å². The van der Waals surface area contributed by atoms with Crippen LogP contribution in [0.25, 0.3) is 0 Å². The van der Waals surface area contributed by atoms with Crippen LogP contribution in [0.3, 0.4) is 0 Å². The third-order valence-electron chi connectivity index (χ3n) is 3.64. The van der Waals surface area contributed by atoms with E-state index >= 15 is 0 Å². The number of hydrogen-bond acceptors (Lipinski definition) is 5. The summed E-state index contributed by atoms with van der Waals surface area (Å²) in [5, 5.41) is 8.62. The molecule has 0 aromatic carbocycles. The summed E-state index contributed by atoms with van der Waals surface area (Å²) in [5.41, 5.74) is 2.11. The number of hydrogen-bond donors (Lipinski definition) is 1. The zero-order valence-corrected chi connectivity index (χ0v) is 12.4. The highest BCUT2D eigenvalue weighted by atomic mass is 32.1. The van der Waals surface area contributed by atoms with E-state index in [2.05, 4.69) is 33.7 Å². The predicted octanol–water partition coefficient (Wildman–Crippen LogP) is 2.60. The Morgan fingerprint density at radius 1 is 1.65 bits per heavy atom. The van der Waals surface area contributed by atoms with Gasteiger partial charge in [0.05, 0.1) is 12.2 Å². The summed E-state index contributed by atoms with van der Waals surface area (Å²) in [7, 11) is 0. The average molecular weight is 291 g/mol. The van der Waals surface area contributed by atoms with Gasteiger partial charge in [-0.1, -0.05) is 5.16 Å². The first-order chi connectivity index (χ1) is 9.63. The Hall–Kier alpha value is -1.66. The number of anilines is 1. The first-order valence-corrected chi connectivity index (χ1v) is 7.55. The Bertz CT molecular complexity index is 619. The topological polar surface area (TPSA) is 58.4 Å². The molecule has 5 nitrogen and oxygen atoms in total. The second-order valence-electron chi connectivity index (χ2n) is 5.08. The zero-order valence-electron chi connectivity index (χ0n) is 11.5. The Kier molecular flexibility index (Phi) is 3.58. The summed E-state index contributed by atoms with van der Waals surface area (Å²) in [5.74, 6) is 0.347. The molecule has 1 aliphatic rings. The lowest BCUT2D eigenvalue weighted by atomic mass is 10.0. The van der Waals surface area contributed by atoms with Crippen LogP contribution in [0.5, 0.6) is 0 Å². The Balaban J connectivity index is 1.62. The van der Waals surface area contributed by atoms with Crippen molar-refractivity contribution in [3.8, 4) is 0 Å². The molecule has 1 amide bonds. The number of nitrogens with one attached hydrogen (secondary N) is 1. The molecule has 6 heteroatoms. The van der Waals surface area contributed by atoms with Crippen molar-refractivity contribution in [2.75, 3.05) is 18.4 Å². The van der Waals surface area contributed by atoms with Crippen LogP contribution in [-0.4, -0.2) is 29.1 Å². The number of carbonyl (C=O) groups excluding carboxylic acids is 1. The Morgan fingerprint density at radius 3 is 3.25 bits per heavy atom. The minimum Gasteiger partial charge on any atom is -0.338 e. The van der Waals surface area contributed by atoms with Gasteiger partial charge in [-0.05, 0) is 37.3 Å². The molecule has 0 bridgehead atoms. The quantitative estimate of drug-likeness (QED) is 0.944. The first kappa shape index (κ1) is 13.3. The molecule has 0 saturated heterocycles. The number of amides is 1. The van der Waals surface area contributed by atoms with Gasteiger partial charge in [0.2, 0.25) is 11.8 Å². The molecule has 0 saturated carbocycles. The number of aromatic nitrogens is 1. The van der Waals surface area contributed by atoms with Gasteiger partial charge in [-0.25, -0.2) is 0 Å². The van der Waals surface area contributed by atoms with E-state index < -0.39 is 0 Å². The van der Waals surface area contributed by atoms with Crippen LogP contribution < -0.4 is 5.32 Å². The maximum atomic E-state index is 12.0. The molecule has 2 aromatic rings. The summed E-state index contributed by atoms with van der Waals surface area (Å²) in [6, 6.07) is 4.16. The van der Waals surface area contributed by atoms with E-state index in [9.17, 15) is 4.79 Å². The van der Waals surface area contributed by atoms with Gasteiger partial charge >= 0.3 is 0 Å². The van der Waals surface area contributed by atoms with Gasteiger partial charge in [0.1, 0.15) is 0 Å². The van der Waals surface area contributed by atoms with Crippen molar-refractivity contribution < 1.29 is 9.32 Å². The maximum absolute atomic E-state index is 12.0. The van der Waals surface area contributed by atoms with Gasteiger partial charge in [-0.15, -0.1) is 11.3 Å². The fourth-order valence-electron chi connectivity index (χ4n) is 2.56. The third-order valence-corrected chi connectivity index (χ3v) is 4.64. The van der Waals surface area contributed by atoms with Crippen molar-refractivity contribution in [3.05, 3.63) is 33.6 Å². The van der Waals surface area contributed by atoms with Crippen molar-refractivity contribution in [2.24, 2.45) is 0 Å². The predicted molar refractivity (Wildman–Crippen MR) is 77.9 cm³/mol. The molecule has 20 heavy (non-hydrogen) atoms. The van der Waals surface area contributed by atoms with E-state index in [1.54, 1.807) is 17.4 Å². The fraction of sp³-hybridized carbons (Fsp3) is 0.429. The lowest BCUT2D eigenvalue weighted by molar-refractivity contribution is -0.118. The molecule has 0 spiro atoms. The van der Waals surface area contributed by atoms with E-state index in [1.807, 2.05) is 6.92 Å². The lowest BCUT2D eigenvalue weighted by Gasteiger charge is -2.32. The number of aryl methyl sites for hydroxylation is 1. The number of nitrogens with zero attached hydrogens (tertiary/aromatic N) is 2. The molecule has 106 valence electrons. The van der Waals surface area contributed by atoms with Crippen LogP contribution >= 0.6 is 11.3 Å². The molecule has 0 aliphatic carbocycles. The lowest BCUT2D eigenvalue weighted by Crippen LogP contribution is -2.39. The van der Waals surface area contributed by atoms with E-state index in [4.69, 9.17) is 4.52 Å². The Morgan fingerprint density at radius 2 is 2.50 bits per heavy atom. The molecule has 2 aromatic heterocycles. The molecule has 1 N–H and O–H groups in total. The first-order valence-electron chi connectivity index (χ1n) is 6.67. The van der Waals surface area contributed by atoms with Crippen LogP contribution in [0.15, 0.2) is 22.0 Å². The maximum Gasteiger partial charge on any atom is 0.240 e. The van der Waals surface area contributed by atoms with Crippen LogP contribution in [0.4, 0.5) is 5.88 Å². The van der Waals surface area contributed by atoms with E-state index in [0.717, 1.165) is 18.7 Å². The van der Waals surface area contributed by atoms with E-state index in [-0.39, 0.29) is 11.9 Å². The van der Waals surface area contributed by atoms with Crippen molar-refractivity contribution in [1.29, 1.82) is 0 Å². The molecule has 0 fully saturated rings. The number of thiophene rings is 1. The largest absolute Gasteiger partial charge is 0.338 e. The monoisotopic (exact) mass is 291 g/mol. The SMILES string of the molecule is Cc1cc(NC(=O)CN2CCc3sccc3C2C)on1. The van der Waals surface area contributed by atoms with Crippen molar-refractivity contribution in [2.45, 2.75) is 26.3 Å². The van der Waals surface area contributed by atoms with Crippen molar-refractivity contribution in [3.63, 3.8) is 0 Å². The summed E-state index contributed by atoms with van der Waals surface area (Å²) in [6.45, 7) is 5.26. The number of rotatable bonds is 3. The highest BCUT2D eigenvalue weighted by Crippen LogP contribution is 2.32. The van der Waals surface area contributed by atoms with Crippen LogP contribution in [-0.2, 0) is 11.2 Å². The van der Waals surface area contributed by atoms with Gasteiger partial charge in [0, 0.05) is 23.5 Å². The fourth-order valence-corrected chi connectivity index (χ4v) is 3.52. The van der Waals surface area contributed by atoms with E-state index in [1.165, 1.54) is 10.4 Å². The van der Waals surface area contributed by atoms with Crippen LogP contribution in [0.1, 0.15) is 29.1 Å². The molecule has 1 atom stereocenters. The minimum atomic E-state index is -0.0633. The molecular weight excluding hydrogens is 274 g/mol. The standard InChI is InChI=1S/C14H17N3O2S/c1-9-7-14(19-16-9)15-13(18)8-17-5-3-12-11(10(17)2)4-6-20-12/h4,6-7,10H,3,5,8H2,1-2H3,(H,15,18). The minimum absolute atomic E-state index is 0.0633. The van der Waals surface area contributed by atoms with Gasteiger partial charge in [-0.3, -0.25) is 15.0 Å². The Labute approximate surface area is 121 Å². The molecule has 3 heterocycles. The van der Waals surface area contributed by atoms with E-state index in [0.29, 0.717) is 12.4 Å². The molecular formula is C14H17N3O2S. The summed E-state index contributed by atoms with van der Waals surface area (Å²) < 4.78 is 5.00. The number of fused-ring (bicyclic) bond motifs is 1. The second kappa shape index (κ2) is 5.38. The highest BCUT2D eigenvalue weighted by molar-refractivity contribution is 7.10. The summed E-state index contributed by atoms with van der Waals surface area (Å²) in [4.78, 5) is 15.7. The van der Waals surface area contributed by atoms with Crippen LogP contribution in [0.2, 0.25) is 0 Å².